The van der Waals surface area contributed by atoms with Crippen LogP contribution in [0, 0.1) is 6.92 Å². The quantitative estimate of drug-likeness (QED) is 0.625. The number of nitrogens with zero attached hydrogens (tertiary/aromatic N) is 5. The summed E-state index contributed by atoms with van der Waals surface area (Å²) in [5.41, 5.74) is 1.84. The molecule has 0 atom stereocenters. The van der Waals surface area contributed by atoms with E-state index in [9.17, 15) is 4.79 Å². The van der Waals surface area contributed by atoms with Crippen LogP contribution >= 0.6 is 27.7 Å². The maximum absolute atomic E-state index is 12.0. The standard InChI is InChI=1S/C14H13BrN6O2S/c1-9-2-3-11(10(15)4-9)18-12(22)6-24-14-20-19-13(23-14)5-21-8-16-7-17-21/h2-4,7-8H,5-6H2,1H3,(H,18,22). The molecule has 2 heterocycles. The lowest BCUT2D eigenvalue weighted by Gasteiger charge is -2.07. The molecule has 3 aromatic rings. The molecule has 1 aromatic carbocycles. The van der Waals surface area contributed by atoms with Gasteiger partial charge in [0.15, 0.2) is 0 Å². The third kappa shape index (κ3) is 4.42. The molecule has 0 bridgehead atoms. The van der Waals surface area contributed by atoms with Gasteiger partial charge in [-0.05, 0) is 40.5 Å². The number of hydrogen-bond acceptors (Lipinski definition) is 7. The molecule has 0 saturated heterocycles. The van der Waals surface area contributed by atoms with Crippen molar-refractivity contribution in [2.24, 2.45) is 0 Å². The molecule has 0 fully saturated rings. The molecule has 0 aliphatic heterocycles. The van der Waals surface area contributed by atoms with Crippen molar-refractivity contribution < 1.29 is 9.21 Å². The molecule has 0 aliphatic rings. The van der Waals surface area contributed by atoms with Crippen LogP contribution in [0.3, 0.4) is 0 Å². The van der Waals surface area contributed by atoms with Gasteiger partial charge in [0.2, 0.25) is 11.8 Å². The normalized spacial score (nSPS) is 10.8. The van der Waals surface area contributed by atoms with E-state index in [2.05, 4.69) is 41.5 Å². The fourth-order valence-corrected chi connectivity index (χ4v) is 3.02. The minimum absolute atomic E-state index is 0.152. The Bertz CT molecular complexity index is 836. The molecule has 1 N–H and O–H groups in total. The van der Waals surface area contributed by atoms with E-state index in [4.69, 9.17) is 4.42 Å². The molecule has 0 unspecified atom stereocenters. The van der Waals surface area contributed by atoms with E-state index in [0.717, 1.165) is 15.7 Å². The van der Waals surface area contributed by atoms with Crippen LogP contribution in [0.25, 0.3) is 0 Å². The maximum Gasteiger partial charge on any atom is 0.277 e. The van der Waals surface area contributed by atoms with Crippen molar-refractivity contribution in [3.8, 4) is 0 Å². The molecule has 8 nitrogen and oxygen atoms in total. The fourth-order valence-electron chi connectivity index (χ4n) is 1.85. The molecule has 10 heteroatoms. The van der Waals surface area contributed by atoms with Gasteiger partial charge in [-0.3, -0.25) is 4.79 Å². The summed E-state index contributed by atoms with van der Waals surface area (Å²) in [5, 5.41) is 14.9. The largest absolute Gasteiger partial charge is 0.414 e. The van der Waals surface area contributed by atoms with E-state index < -0.39 is 0 Å². The Balaban J connectivity index is 1.52. The lowest BCUT2D eigenvalue weighted by molar-refractivity contribution is -0.113. The molecule has 0 saturated carbocycles. The zero-order chi connectivity index (χ0) is 16.9. The number of rotatable bonds is 6. The topological polar surface area (TPSA) is 98.7 Å². The van der Waals surface area contributed by atoms with E-state index in [0.29, 0.717) is 17.7 Å². The first-order chi connectivity index (χ1) is 11.6. The summed E-state index contributed by atoms with van der Waals surface area (Å²) in [5.74, 6) is 0.427. The first-order valence-electron chi connectivity index (χ1n) is 6.94. The first kappa shape index (κ1) is 16.7. The second kappa shape index (κ2) is 7.58. The Kier molecular flexibility index (Phi) is 5.26. The summed E-state index contributed by atoms with van der Waals surface area (Å²) in [4.78, 5) is 15.9. The van der Waals surface area contributed by atoms with Crippen LogP contribution in [-0.2, 0) is 11.3 Å². The van der Waals surface area contributed by atoms with E-state index >= 15 is 0 Å². The molecule has 3 rings (SSSR count). The second-order valence-electron chi connectivity index (χ2n) is 4.87. The third-order valence-corrected chi connectivity index (χ3v) is 4.41. The Morgan fingerprint density at radius 2 is 2.29 bits per heavy atom. The average Bonchev–Trinajstić information content (AvgIpc) is 3.20. The third-order valence-electron chi connectivity index (χ3n) is 2.94. The SMILES string of the molecule is Cc1ccc(NC(=O)CSc2nnc(Cn3cncn3)o2)c(Br)c1. The number of carbonyl (C=O) groups is 1. The van der Waals surface area contributed by atoms with Gasteiger partial charge in [0, 0.05) is 4.47 Å². The highest BCUT2D eigenvalue weighted by Gasteiger charge is 2.11. The predicted molar refractivity (Wildman–Crippen MR) is 91.7 cm³/mol. The summed E-state index contributed by atoms with van der Waals surface area (Å²) < 4.78 is 7.87. The number of amides is 1. The summed E-state index contributed by atoms with van der Waals surface area (Å²) >= 11 is 4.60. The number of anilines is 1. The number of benzene rings is 1. The van der Waals surface area contributed by atoms with Crippen molar-refractivity contribution in [1.82, 2.24) is 25.0 Å². The first-order valence-corrected chi connectivity index (χ1v) is 8.71. The molecule has 0 spiro atoms. The van der Waals surface area contributed by atoms with Gasteiger partial charge in [0.05, 0.1) is 11.4 Å². The number of thioether (sulfide) groups is 1. The maximum atomic E-state index is 12.0. The van der Waals surface area contributed by atoms with E-state index in [1.165, 1.54) is 18.1 Å². The van der Waals surface area contributed by atoms with Crippen molar-refractivity contribution in [3.05, 3.63) is 46.8 Å². The highest BCUT2D eigenvalue weighted by atomic mass is 79.9. The Labute approximate surface area is 150 Å². The molecule has 2 aromatic heterocycles. The van der Waals surface area contributed by atoms with Gasteiger partial charge in [0.25, 0.3) is 5.22 Å². The smallest absolute Gasteiger partial charge is 0.277 e. The monoisotopic (exact) mass is 408 g/mol. The highest BCUT2D eigenvalue weighted by Crippen LogP contribution is 2.24. The van der Waals surface area contributed by atoms with Crippen molar-refractivity contribution in [3.63, 3.8) is 0 Å². The second-order valence-corrected chi connectivity index (χ2v) is 6.66. The molecule has 24 heavy (non-hydrogen) atoms. The predicted octanol–water partition coefficient (Wildman–Crippen LogP) is 2.51. The van der Waals surface area contributed by atoms with E-state index in [1.807, 2.05) is 25.1 Å². The minimum atomic E-state index is -0.152. The van der Waals surface area contributed by atoms with Crippen LogP contribution in [-0.4, -0.2) is 36.6 Å². The van der Waals surface area contributed by atoms with Crippen molar-refractivity contribution >= 4 is 39.3 Å². The summed E-state index contributed by atoms with van der Waals surface area (Å²) in [7, 11) is 0. The van der Waals surface area contributed by atoms with Crippen LogP contribution in [0.1, 0.15) is 11.5 Å². The summed E-state index contributed by atoms with van der Waals surface area (Å²) in [6, 6.07) is 5.73. The lowest BCUT2D eigenvalue weighted by atomic mass is 10.2. The van der Waals surface area contributed by atoms with Crippen molar-refractivity contribution in [2.75, 3.05) is 11.1 Å². The van der Waals surface area contributed by atoms with Gasteiger partial charge < -0.3 is 9.73 Å². The van der Waals surface area contributed by atoms with Gasteiger partial charge in [0.1, 0.15) is 19.2 Å². The van der Waals surface area contributed by atoms with Crippen LogP contribution < -0.4 is 5.32 Å². The minimum Gasteiger partial charge on any atom is -0.414 e. The molecular weight excluding hydrogens is 396 g/mol. The number of nitrogens with one attached hydrogen (secondary N) is 1. The highest BCUT2D eigenvalue weighted by molar-refractivity contribution is 9.10. The zero-order valence-corrected chi connectivity index (χ0v) is 15.0. The zero-order valence-electron chi connectivity index (χ0n) is 12.6. The van der Waals surface area contributed by atoms with Gasteiger partial charge >= 0.3 is 0 Å². The lowest BCUT2D eigenvalue weighted by Crippen LogP contribution is -2.14. The van der Waals surface area contributed by atoms with Gasteiger partial charge in [-0.2, -0.15) is 5.10 Å². The fraction of sp³-hybridized carbons (Fsp3) is 0.214. The number of carbonyl (C=O) groups excluding carboxylic acids is 1. The van der Waals surface area contributed by atoms with E-state index in [1.54, 1.807) is 11.0 Å². The van der Waals surface area contributed by atoms with Crippen LogP contribution in [0.4, 0.5) is 5.69 Å². The van der Waals surface area contributed by atoms with Crippen LogP contribution in [0.2, 0.25) is 0 Å². The summed E-state index contributed by atoms with van der Waals surface area (Å²) in [6.07, 6.45) is 2.99. The number of aromatic nitrogens is 5. The summed E-state index contributed by atoms with van der Waals surface area (Å²) in [6.45, 7) is 2.33. The Hall–Kier alpha value is -2.20. The van der Waals surface area contributed by atoms with Gasteiger partial charge in [-0.15, -0.1) is 10.2 Å². The van der Waals surface area contributed by atoms with Crippen LogP contribution in [0.15, 0.2) is 45.0 Å². The number of hydrogen-bond donors (Lipinski definition) is 1. The van der Waals surface area contributed by atoms with Crippen molar-refractivity contribution in [1.29, 1.82) is 0 Å². The molecule has 0 aliphatic carbocycles. The number of aryl methyl sites for hydroxylation is 1. The van der Waals surface area contributed by atoms with Crippen LogP contribution in [0.5, 0.6) is 0 Å². The molecule has 124 valence electrons. The molecular formula is C14H13BrN6O2S. The van der Waals surface area contributed by atoms with Gasteiger partial charge in [-0.25, -0.2) is 9.67 Å². The van der Waals surface area contributed by atoms with Crippen molar-refractivity contribution in [2.45, 2.75) is 18.7 Å². The molecule has 1 amide bonds. The Morgan fingerprint density at radius 3 is 3.04 bits per heavy atom. The van der Waals surface area contributed by atoms with E-state index in [-0.39, 0.29) is 11.7 Å². The number of halogens is 1. The van der Waals surface area contributed by atoms with Gasteiger partial charge in [-0.1, -0.05) is 17.8 Å². The average molecular weight is 409 g/mol. The Morgan fingerprint density at radius 1 is 1.42 bits per heavy atom. The molecule has 0 radical (unpaired) electrons.